The Balaban J connectivity index is 1.73. The maximum atomic E-state index is 13.5. The van der Waals surface area contributed by atoms with Gasteiger partial charge in [0.15, 0.2) is 0 Å². The van der Waals surface area contributed by atoms with Crippen molar-refractivity contribution in [3.63, 3.8) is 0 Å². The van der Waals surface area contributed by atoms with E-state index >= 15 is 0 Å². The van der Waals surface area contributed by atoms with Crippen LogP contribution >= 0.6 is 0 Å². The fourth-order valence-electron chi connectivity index (χ4n) is 4.06. The molecular weight excluding hydrogens is 378 g/mol. The minimum atomic E-state index is -0.277. The molecule has 0 spiro atoms. The average molecular weight is 405 g/mol. The highest BCUT2D eigenvalue weighted by molar-refractivity contribution is 6.45. The number of nitrogens with zero attached hydrogens (tertiary/aromatic N) is 3. The van der Waals surface area contributed by atoms with Crippen molar-refractivity contribution >= 4 is 23.1 Å². The zero-order valence-corrected chi connectivity index (χ0v) is 17.5. The molecule has 1 N–H and O–H groups in total. The van der Waals surface area contributed by atoms with Gasteiger partial charge in [-0.1, -0.05) is 47.5 Å². The van der Waals surface area contributed by atoms with E-state index in [1.165, 1.54) is 4.90 Å². The third-order valence-corrected chi connectivity index (χ3v) is 5.80. The topological polar surface area (TPSA) is 64.1 Å². The van der Waals surface area contributed by atoms with Crippen LogP contribution < -0.4 is 4.90 Å². The number of benzene rings is 2. The molecule has 6 nitrogen and oxygen atoms in total. The number of aliphatic hydroxyl groups is 1. The van der Waals surface area contributed by atoms with Crippen molar-refractivity contribution in [1.82, 2.24) is 9.80 Å². The molecule has 6 heteroatoms. The van der Waals surface area contributed by atoms with Gasteiger partial charge in [-0.05, 0) is 31.5 Å². The minimum absolute atomic E-state index is 0.121. The van der Waals surface area contributed by atoms with E-state index in [1.807, 2.05) is 67.3 Å². The molecule has 0 atom stereocenters. The highest BCUT2D eigenvalue weighted by Gasteiger charge is 2.42. The summed E-state index contributed by atoms with van der Waals surface area (Å²) < 4.78 is 0. The van der Waals surface area contributed by atoms with Crippen molar-refractivity contribution in [2.45, 2.75) is 13.8 Å². The predicted molar refractivity (Wildman–Crippen MR) is 117 cm³/mol. The van der Waals surface area contributed by atoms with E-state index in [0.717, 1.165) is 29.8 Å². The molecule has 0 unspecified atom stereocenters. The number of hydrogen-bond donors (Lipinski definition) is 1. The Labute approximate surface area is 177 Å². The SMILES string of the molecule is Cc1ccc(C2=C(N3CCN(CCO)CC3)C(=O)N(c3ccc(C)cc3)C2=O)cc1. The van der Waals surface area contributed by atoms with Gasteiger partial charge in [0.05, 0.1) is 17.9 Å². The molecule has 2 aromatic carbocycles. The Morgan fingerprint density at radius 1 is 0.800 bits per heavy atom. The van der Waals surface area contributed by atoms with Gasteiger partial charge in [0.1, 0.15) is 5.70 Å². The Bertz CT molecular complexity index is 972. The van der Waals surface area contributed by atoms with Gasteiger partial charge in [-0.2, -0.15) is 0 Å². The monoisotopic (exact) mass is 405 g/mol. The van der Waals surface area contributed by atoms with Crippen molar-refractivity contribution in [2.75, 3.05) is 44.2 Å². The number of carbonyl (C=O) groups is 2. The van der Waals surface area contributed by atoms with Gasteiger partial charge in [-0.3, -0.25) is 14.5 Å². The molecule has 2 aromatic rings. The summed E-state index contributed by atoms with van der Waals surface area (Å²) in [6.45, 7) is 7.51. The molecule has 0 radical (unpaired) electrons. The molecule has 1 fully saturated rings. The van der Waals surface area contributed by atoms with Crippen LogP contribution in [0.15, 0.2) is 54.2 Å². The van der Waals surface area contributed by atoms with Crippen molar-refractivity contribution in [3.8, 4) is 0 Å². The van der Waals surface area contributed by atoms with E-state index in [4.69, 9.17) is 0 Å². The lowest BCUT2D eigenvalue weighted by molar-refractivity contribution is -0.120. The smallest absolute Gasteiger partial charge is 0.282 e. The molecule has 0 aromatic heterocycles. The molecule has 30 heavy (non-hydrogen) atoms. The van der Waals surface area contributed by atoms with Crippen molar-refractivity contribution < 1.29 is 14.7 Å². The van der Waals surface area contributed by atoms with Crippen molar-refractivity contribution in [1.29, 1.82) is 0 Å². The number of imide groups is 1. The van der Waals surface area contributed by atoms with Crippen LogP contribution in [0.5, 0.6) is 0 Å². The molecule has 0 saturated carbocycles. The number of aryl methyl sites for hydroxylation is 2. The third-order valence-electron chi connectivity index (χ3n) is 5.80. The van der Waals surface area contributed by atoms with Gasteiger partial charge >= 0.3 is 0 Å². The normalized spacial score (nSPS) is 18.0. The zero-order chi connectivity index (χ0) is 21.3. The van der Waals surface area contributed by atoms with Crippen LogP contribution in [-0.2, 0) is 9.59 Å². The molecule has 2 aliphatic rings. The molecule has 2 heterocycles. The number of carbonyl (C=O) groups excluding carboxylic acids is 2. The summed E-state index contributed by atoms with van der Waals surface area (Å²) in [5, 5.41) is 9.20. The van der Waals surface area contributed by atoms with Gasteiger partial charge in [-0.15, -0.1) is 0 Å². The molecule has 4 rings (SSSR count). The van der Waals surface area contributed by atoms with Crippen LogP contribution in [0.2, 0.25) is 0 Å². The van der Waals surface area contributed by atoms with Crippen LogP contribution in [0.3, 0.4) is 0 Å². The number of piperazine rings is 1. The summed E-state index contributed by atoms with van der Waals surface area (Å²) in [4.78, 5) is 32.5. The Kier molecular flexibility index (Phi) is 5.70. The summed E-state index contributed by atoms with van der Waals surface area (Å²) in [6.07, 6.45) is 0. The highest BCUT2D eigenvalue weighted by Crippen LogP contribution is 2.35. The number of β-amino-alcohol motifs (C(OH)–C–C–N with tert-alkyl or cyclic N) is 1. The van der Waals surface area contributed by atoms with E-state index in [-0.39, 0.29) is 18.4 Å². The first kappa shape index (κ1) is 20.3. The van der Waals surface area contributed by atoms with Crippen molar-refractivity contribution in [3.05, 3.63) is 70.9 Å². The Morgan fingerprint density at radius 3 is 1.93 bits per heavy atom. The number of aliphatic hydroxyl groups excluding tert-OH is 1. The van der Waals surface area contributed by atoms with Gasteiger partial charge in [0.25, 0.3) is 11.8 Å². The number of amides is 2. The molecule has 2 aliphatic heterocycles. The van der Waals surface area contributed by atoms with Gasteiger partial charge in [-0.25, -0.2) is 4.90 Å². The lowest BCUT2D eigenvalue weighted by Crippen LogP contribution is -2.48. The minimum Gasteiger partial charge on any atom is -0.395 e. The third kappa shape index (κ3) is 3.76. The summed E-state index contributed by atoms with van der Waals surface area (Å²) >= 11 is 0. The molecular formula is C24H27N3O3. The predicted octanol–water partition coefficient (Wildman–Crippen LogP) is 2.20. The average Bonchev–Trinajstić information content (AvgIpc) is 3.00. The fraction of sp³-hybridized carbons (Fsp3) is 0.333. The molecule has 1 saturated heterocycles. The summed E-state index contributed by atoms with van der Waals surface area (Å²) in [5.41, 5.74) is 4.48. The second-order valence-electron chi connectivity index (χ2n) is 7.92. The second kappa shape index (κ2) is 8.42. The maximum Gasteiger partial charge on any atom is 0.282 e. The summed E-state index contributed by atoms with van der Waals surface area (Å²) in [7, 11) is 0. The summed E-state index contributed by atoms with van der Waals surface area (Å²) in [5.74, 6) is -0.546. The molecule has 0 aliphatic carbocycles. The highest BCUT2D eigenvalue weighted by atomic mass is 16.3. The largest absolute Gasteiger partial charge is 0.395 e. The van der Waals surface area contributed by atoms with Crippen LogP contribution in [0.1, 0.15) is 16.7 Å². The first-order valence-corrected chi connectivity index (χ1v) is 10.3. The first-order chi connectivity index (χ1) is 14.5. The van der Waals surface area contributed by atoms with Crippen LogP contribution in [0.4, 0.5) is 5.69 Å². The van der Waals surface area contributed by atoms with E-state index in [9.17, 15) is 14.7 Å². The first-order valence-electron chi connectivity index (χ1n) is 10.3. The maximum absolute atomic E-state index is 13.5. The van der Waals surface area contributed by atoms with Gasteiger partial charge in [0, 0.05) is 32.7 Å². The molecule has 0 bridgehead atoms. The van der Waals surface area contributed by atoms with E-state index in [1.54, 1.807) is 0 Å². The number of anilines is 1. The van der Waals surface area contributed by atoms with Crippen LogP contribution in [-0.4, -0.2) is 66.1 Å². The van der Waals surface area contributed by atoms with Gasteiger partial charge < -0.3 is 10.0 Å². The van der Waals surface area contributed by atoms with Crippen molar-refractivity contribution in [2.24, 2.45) is 0 Å². The summed E-state index contributed by atoms with van der Waals surface area (Å²) in [6, 6.07) is 15.2. The van der Waals surface area contributed by atoms with Crippen LogP contribution in [0.25, 0.3) is 5.57 Å². The number of rotatable bonds is 5. The molecule has 156 valence electrons. The van der Waals surface area contributed by atoms with Crippen LogP contribution in [0, 0.1) is 13.8 Å². The van der Waals surface area contributed by atoms with E-state index < -0.39 is 0 Å². The van der Waals surface area contributed by atoms with E-state index in [0.29, 0.717) is 36.6 Å². The standard InChI is InChI=1S/C24H27N3O3/c1-17-3-7-19(8-4-17)21-22(26-13-11-25(12-14-26)15-16-28)24(30)27(23(21)29)20-9-5-18(2)6-10-20/h3-10,28H,11-16H2,1-2H3. The fourth-order valence-corrected chi connectivity index (χ4v) is 4.06. The lowest BCUT2D eigenvalue weighted by Gasteiger charge is -2.36. The molecule has 2 amide bonds. The zero-order valence-electron chi connectivity index (χ0n) is 17.5. The Morgan fingerprint density at radius 2 is 1.37 bits per heavy atom. The van der Waals surface area contributed by atoms with Gasteiger partial charge in [0.2, 0.25) is 0 Å². The number of hydrogen-bond acceptors (Lipinski definition) is 5. The quantitative estimate of drug-likeness (QED) is 0.773. The lowest BCUT2D eigenvalue weighted by atomic mass is 10.0. The second-order valence-corrected chi connectivity index (χ2v) is 7.92. The Hall–Kier alpha value is -2.96. The van der Waals surface area contributed by atoms with E-state index in [2.05, 4.69) is 4.90 Å².